The van der Waals surface area contributed by atoms with Crippen molar-refractivity contribution < 1.29 is 4.74 Å². The average Bonchev–Trinajstić information content (AvgIpc) is 2.39. The van der Waals surface area contributed by atoms with Gasteiger partial charge in [0.1, 0.15) is 5.05 Å². The standard InChI is InChI=1S/C7H9NOS2/c1-9-7(10-2)6-3-5(8)4-11-6/h3-4H,2,8H2,1H3. The molecule has 11 heavy (non-hydrogen) atoms. The Morgan fingerprint density at radius 3 is 2.91 bits per heavy atom. The molecule has 0 saturated carbocycles. The topological polar surface area (TPSA) is 35.2 Å². The highest BCUT2D eigenvalue weighted by atomic mass is 32.1. The van der Waals surface area contributed by atoms with Crippen LogP contribution in [-0.4, -0.2) is 18.0 Å². The molecule has 0 spiro atoms. The number of hydrogen-bond acceptors (Lipinski definition) is 3. The Labute approximate surface area is 73.2 Å². The zero-order chi connectivity index (χ0) is 8.27. The smallest absolute Gasteiger partial charge is 0.145 e. The van der Waals surface area contributed by atoms with Gasteiger partial charge in [0.05, 0.1) is 4.88 Å². The van der Waals surface area contributed by atoms with E-state index in [0.717, 1.165) is 15.6 Å². The predicted molar refractivity (Wildman–Crippen MR) is 54.6 cm³/mol. The quantitative estimate of drug-likeness (QED) is 0.678. The molecule has 0 saturated heterocycles. The summed E-state index contributed by atoms with van der Waals surface area (Å²) in [4.78, 5) is 1.03. The van der Waals surface area contributed by atoms with Gasteiger partial charge in [0.15, 0.2) is 0 Å². The van der Waals surface area contributed by atoms with Crippen LogP contribution in [0.15, 0.2) is 11.4 Å². The van der Waals surface area contributed by atoms with Crippen molar-refractivity contribution in [3.63, 3.8) is 0 Å². The van der Waals surface area contributed by atoms with Crippen molar-refractivity contribution in [2.45, 2.75) is 0 Å². The van der Waals surface area contributed by atoms with Crippen molar-refractivity contribution in [1.82, 2.24) is 0 Å². The summed E-state index contributed by atoms with van der Waals surface area (Å²) in [6.45, 7) is 0. The van der Waals surface area contributed by atoms with Crippen molar-refractivity contribution in [2.24, 2.45) is 0 Å². The Morgan fingerprint density at radius 1 is 1.82 bits per heavy atom. The van der Waals surface area contributed by atoms with Crippen LogP contribution in [0.3, 0.4) is 0 Å². The SMILES string of the molecule is C=S=C(OC)c1cc(N)cs1. The number of nitrogens with two attached hydrogens (primary N) is 1. The predicted octanol–water partition coefficient (Wildman–Crippen LogP) is 1.62. The number of rotatable bonds is 1. The molecule has 60 valence electrons. The molecular formula is C7H9NOS2. The fourth-order valence-corrected chi connectivity index (χ4v) is 2.04. The van der Waals surface area contributed by atoms with Crippen molar-refractivity contribution in [3.8, 4) is 0 Å². The van der Waals surface area contributed by atoms with Gasteiger partial charge in [-0.2, -0.15) is 0 Å². The number of anilines is 1. The number of nitrogen functional groups attached to an aromatic ring is 1. The maximum atomic E-state index is 5.54. The van der Waals surface area contributed by atoms with E-state index in [1.807, 2.05) is 11.4 Å². The molecule has 1 aromatic heterocycles. The molecule has 0 aromatic carbocycles. The van der Waals surface area contributed by atoms with Gasteiger partial charge in [0, 0.05) is 18.2 Å². The largest absolute Gasteiger partial charge is 0.398 e. The Morgan fingerprint density at radius 2 is 2.55 bits per heavy atom. The zero-order valence-corrected chi connectivity index (χ0v) is 7.80. The third kappa shape index (κ3) is 1.92. The maximum absolute atomic E-state index is 5.54. The zero-order valence-electron chi connectivity index (χ0n) is 6.16. The Kier molecular flexibility index (Phi) is 2.87. The molecule has 0 radical (unpaired) electrons. The molecule has 1 rings (SSSR count). The summed E-state index contributed by atoms with van der Waals surface area (Å²) >= 11 is 1.56. The van der Waals surface area contributed by atoms with Gasteiger partial charge < -0.3 is 10.5 Å². The molecule has 0 bridgehead atoms. The summed E-state index contributed by atoms with van der Waals surface area (Å²) in [7, 11) is 2.96. The number of hydrogen-bond donors (Lipinski definition) is 1. The minimum atomic E-state index is 0.772. The van der Waals surface area contributed by atoms with Crippen molar-refractivity contribution >= 4 is 38.9 Å². The third-order valence-electron chi connectivity index (χ3n) is 1.14. The van der Waals surface area contributed by atoms with Crippen LogP contribution in [0.2, 0.25) is 0 Å². The summed E-state index contributed by atoms with van der Waals surface area (Å²) in [6, 6.07) is 1.88. The molecule has 1 heterocycles. The van der Waals surface area contributed by atoms with Gasteiger partial charge >= 0.3 is 0 Å². The first-order valence-corrected chi connectivity index (χ1v) is 4.81. The van der Waals surface area contributed by atoms with E-state index in [1.165, 1.54) is 10.9 Å². The van der Waals surface area contributed by atoms with Crippen LogP contribution < -0.4 is 5.73 Å². The van der Waals surface area contributed by atoms with Crippen LogP contribution in [0.4, 0.5) is 5.69 Å². The van der Waals surface area contributed by atoms with E-state index in [2.05, 4.69) is 5.87 Å². The number of methoxy groups -OCH3 is 1. The van der Waals surface area contributed by atoms with Crippen LogP contribution in [0.1, 0.15) is 4.88 Å². The van der Waals surface area contributed by atoms with Gasteiger partial charge in [-0.3, -0.25) is 0 Å². The van der Waals surface area contributed by atoms with Crippen LogP contribution in [0, 0.1) is 0 Å². The van der Waals surface area contributed by atoms with E-state index in [9.17, 15) is 0 Å². The molecule has 2 N–H and O–H groups in total. The molecule has 0 aliphatic carbocycles. The molecule has 2 nitrogen and oxygen atoms in total. The normalized spacial score (nSPS) is 9.55. The first-order chi connectivity index (χ1) is 5.27. The lowest BCUT2D eigenvalue weighted by molar-refractivity contribution is 0.417. The molecule has 0 atom stereocenters. The first kappa shape index (κ1) is 8.52. The lowest BCUT2D eigenvalue weighted by atomic mass is 10.4. The van der Waals surface area contributed by atoms with Crippen molar-refractivity contribution in [2.75, 3.05) is 12.8 Å². The highest BCUT2D eigenvalue weighted by Gasteiger charge is 2.01. The van der Waals surface area contributed by atoms with Gasteiger partial charge in [-0.25, -0.2) is 0 Å². The Bertz CT molecular complexity index is 299. The van der Waals surface area contributed by atoms with E-state index < -0.39 is 0 Å². The highest BCUT2D eigenvalue weighted by Crippen LogP contribution is 2.17. The molecule has 1 aromatic rings. The number of thiophene rings is 1. The summed E-state index contributed by atoms with van der Waals surface area (Å²) in [6.07, 6.45) is 0. The summed E-state index contributed by atoms with van der Waals surface area (Å²) in [5.74, 6) is 3.66. The Hall–Kier alpha value is -0.580. The van der Waals surface area contributed by atoms with E-state index in [4.69, 9.17) is 10.5 Å². The van der Waals surface area contributed by atoms with Gasteiger partial charge in [-0.1, -0.05) is 0 Å². The minimum absolute atomic E-state index is 0.772. The van der Waals surface area contributed by atoms with Crippen LogP contribution >= 0.6 is 22.3 Å². The second-order valence-corrected chi connectivity index (χ2v) is 3.45. The van der Waals surface area contributed by atoms with Crippen molar-refractivity contribution in [3.05, 3.63) is 16.3 Å². The van der Waals surface area contributed by atoms with Gasteiger partial charge in [-0.05, 0) is 11.9 Å². The van der Waals surface area contributed by atoms with Crippen LogP contribution in [0.25, 0.3) is 0 Å². The van der Waals surface area contributed by atoms with Crippen LogP contribution in [-0.2, 0) is 4.74 Å². The molecule has 4 heteroatoms. The molecule has 0 amide bonds. The van der Waals surface area contributed by atoms with Crippen molar-refractivity contribution in [1.29, 1.82) is 0 Å². The fourth-order valence-electron chi connectivity index (χ4n) is 0.689. The van der Waals surface area contributed by atoms with Gasteiger partial charge in [0.2, 0.25) is 0 Å². The lowest BCUT2D eigenvalue weighted by Gasteiger charge is -1.94. The second-order valence-electron chi connectivity index (χ2n) is 1.88. The number of ether oxygens (including phenoxy) is 1. The highest BCUT2D eigenvalue weighted by molar-refractivity contribution is 7.96. The molecule has 0 unspecified atom stereocenters. The summed E-state index contributed by atoms with van der Waals surface area (Å²) in [5, 5.41) is 2.69. The second kappa shape index (κ2) is 3.71. The summed E-state index contributed by atoms with van der Waals surface area (Å²) < 4.78 is 5.07. The Balaban J connectivity index is 3.01. The minimum Gasteiger partial charge on any atom is -0.398 e. The molecule has 0 aliphatic rings. The van der Waals surface area contributed by atoms with E-state index >= 15 is 0 Å². The molecule has 0 aliphatic heterocycles. The average molecular weight is 187 g/mol. The van der Waals surface area contributed by atoms with E-state index in [-0.39, 0.29) is 0 Å². The van der Waals surface area contributed by atoms with Crippen LogP contribution in [0.5, 0.6) is 0 Å². The summed E-state index contributed by atoms with van der Waals surface area (Å²) in [5.41, 5.74) is 6.31. The van der Waals surface area contributed by atoms with E-state index in [0.29, 0.717) is 0 Å². The maximum Gasteiger partial charge on any atom is 0.145 e. The van der Waals surface area contributed by atoms with E-state index in [1.54, 1.807) is 18.4 Å². The molecular weight excluding hydrogens is 178 g/mol. The molecule has 0 fully saturated rings. The lowest BCUT2D eigenvalue weighted by Crippen LogP contribution is -1.96. The van der Waals surface area contributed by atoms with Gasteiger partial charge in [0.25, 0.3) is 0 Å². The monoisotopic (exact) mass is 187 g/mol. The third-order valence-corrected chi connectivity index (χ3v) is 2.86. The first-order valence-electron chi connectivity index (χ1n) is 2.95. The fraction of sp³-hybridized carbons (Fsp3) is 0.143. The van der Waals surface area contributed by atoms with Gasteiger partial charge in [-0.15, -0.1) is 22.3 Å².